The maximum atomic E-state index is 13.7. The number of carbonyl (C=O) groups excluding carboxylic acids is 1. The number of piperazine rings is 1. The van der Waals surface area contributed by atoms with Crippen LogP contribution in [0, 0.1) is 5.82 Å². The first kappa shape index (κ1) is 17.6. The van der Waals surface area contributed by atoms with E-state index in [1.54, 1.807) is 29.4 Å². The Morgan fingerprint density at radius 1 is 1.16 bits per heavy atom. The molecule has 1 fully saturated rings. The lowest BCUT2D eigenvalue weighted by Crippen LogP contribution is -2.47. The van der Waals surface area contributed by atoms with Crippen molar-refractivity contribution < 1.29 is 9.18 Å². The summed E-state index contributed by atoms with van der Waals surface area (Å²) >= 11 is 5.97. The van der Waals surface area contributed by atoms with Crippen molar-refractivity contribution in [2.24, 2.45) is 0 Å². The molecule has 0 radical (unpaired) electrons. The minimum atomic E-state index is -0.432. The van der Waals surface area contributed by atoms with Crippen molar-refractivity contribution >= 4 is 23.6 Å². The van der Waals surface area contributed by atoms with Gasteiger partial charge in [0, 0.05) is 56.8 Å². The fourth-order valence-corrected chi connectivity index (χ4v) is 3.03. The zero-order valence-electron chi connectivity index (χ0n) is 13.7. The normalized spacial score (nSPS) is 15.7. The van der Waals surface area contributed by atoms with Gasteiger partial charge in [0.2, 0.25) is 5.91 Å². The van der Waals surface area contributed by atoms with Crippen LogP contribution in [0.25, 0.3) is 6.08 Å². The van der Waals surface area contributed by atoms with Crippen molar-refractivity contribution in [2.75, 3.05) is 26.2 Å². The average Bonchev–Trinajstić information content (AvgIpc) is 2.62. The minimum Gasteiger partial charge on any atom is -0.337 e. The van der Waals surface area contributed by atoms with E-state index in [1.807, 2.05) is 12.1 Å². The quantitative estimate of drug-likeness (QED) is 0.786. The number of amides is 1. The molecule has 1 aromatic heterocycles. The molecule has 2 aromatic rings. The van der Waals surface area contributed by atoms with Crippen LogP contribution in [0.3, 0.4) is 0 Å². The first-order chi connectivity index (χ1) is 12.1. The summed E-state index contributed by atoms with van der Waals surface area (Å²) in [6.07, 6.45) is 6.41. The van der Waals surface area contributed by atoms with Crippen LogP contribution < -0.4 is 0 Å². The van der Waals surface area contributed by atoms with Crippen LogP contribution in [-0.4, -0.2) is 46.9 Å². The average molecular weight is 360 g/mol. The molecule has 0 unspecified atom stereocenters. The molecule has 6 heteroatoms. The molecule has 2 heterocycles. The lowest BCUT2D eigenvalue weighted by molar-refractivity contribution is -0.127. The fraction of sp³-hybridized carbons (Fsp3) is 0.263. The smallest absolute Gasteiger partial charge is 0.246 e. The molecule has 3 rings (SSSR count). The van der Waals surface area contributed by atoms with Gasteiger partial charge in [0.05, 0.1) is 5.02 Å². The third kappa shape index (κ3) is 4.65. The van der Waals surface area contributed by atoms with Crippen molar-refractivity contribution in [1.82, 2.24) is 14.8 Å². The molecule has 25 heavy (non-hydrogen) atoms. The third-order valence-electron chi connectivity index (χ3n) is 4.23. The van der Waals surface area contributed by atoms with E-state index in [0.717, 1.165) is 19.6 Å². The summed E-state index contributed by atoms with van der Waals surface area (Å²) in [6.45, 7) is 3.77. The number of pyridine rings is 1. The van der Waals surface area contributed by atoms with Crippen LogP contribution in [-0.2, 0) is 11.3 Å². The van der Waals surface area contributed by atoms with Crippen molar-refractivity contribution in [1.29, 1.82) is 0 Å². The molecule has 0 spiro atoms. The highest BCUT2D eigenvalue weighted by Gasteiger charge is 2.19. The number of aromatic nitrogens is 1. The highest BCUT2D eigenvalue weighted by Crippen LogP contribution is 2.20. The molecule has 1 aromatic carbocycles. The second-order valence-corrected chi connectivity index (χ2v) is 6.33. The standard InChI is InChI=1S/C19H19ClFN3O/c20-17-2-1-3-18(21)16(17)4-5-19(25)24-12-10-23(11-13-24)14-15-6-8-22-9-7-15/h1-9H,10-14H2/b5-4+. The maximum Gasteiger partial charge on any atom is 0.246 e. The van der Waals surface area contributed by atoms with Crippen LogP contribution in [0.15, 0.2) is 48.8 Å². The van der Waals surface area contributed by atoms with Crippen LogP contribution in [0.1, 0.15) is 11.1 Å². The lowest BCUT2D eigenvalue weighted by atomic mass is 10.2. The molecule has 1 aliphatic rings. The Kier molecular flexibility index (Phi) is 5.79. The minimum absolute atomic E-state index is 0.122. The van der Waals surface area contributed by atoms with Crippen LogP contribution >= 0.6 is 11.6 Å². The molecular formula is C19H19ClFN3O. The van der Waals surface area contributed by atoms with Gasteiger partial charge < -0.3 is 4.90 Å². The highest BCUT2D eigenvalue weighted by atomic mass is 35.5. The van der Waals surface area contributed by atoms with Gasteiger partial charge in [-0.05, 0) is 35.9 Å². The highest BCUT2D eigenvalue weighted by molar-refractivity contribution is 6.32. The molecule has 0 atom stereocenters. The predicted molar refractivity (Wildman–Crippen MR) is 96.5 cm³/mol. The first-order valence-electron chi connectivity index (χ1n) is 8.16. The Morgan fingerprint density at radius 2 is 1.88 bits per heavy atom. The Morgan fingerprint density at radius 3 is 2.56 bits per heavy atom. The molecule has 1 saturated heterocycles. The van der Waals surface area contributed by atoms with Gasteiger partial charge in [-0.15, -0.1) is 0 Å². The molecule has 0 N–H and O–H groups in total. The molecule has 0 bridgehead atoms. The van der Waals surface area contributed by atoms with Gasteiger partial charge in [-0.3, -0.25) is 14.7 Å². The van der Waals surface area contributed by atoms with Crippen molar-refractivity contribution in [3.05, 3.63) is 70.8 Å². The van der Waals surface area contributed by atoms with E-state index in [2.05, 4.69) is 9.88 Å². The second-order valence-electron chi connectivity index (χ2n) is 5.93. The summed E-state index contributed by atoms with van der Waals surface area (Å²) in [5.74, 6) is -0.554. The van der Waals surface area contributed by atoms with E-state index < -0.39 is 5.82 Å². The zero-order valence-corrected chi connectivity index (χ0v) is 14.5. The van der Waals surface area contributed by atoms with Gasteiger partial charge in [0.25, 0.3) is 0 Å². The van der Waals surface area contributed by atoms with Crippen molar-refractivity contribution in [3.8, 4) is 0 Å². The van der Waals surface area contributed by atoms with Gasteiger partial charge in [-0.1, -0.05) is 17.7 Å². The molecule has 0 aliphatic carbocycles. The Bertz CT molecular complexity index is 738. The molecule has 0 saturated carbocycles. The summed E-state index contributed by atoms with van der Waals surface area (Å²) in [6, 6.07) is 8.47. The van der Waals surface area contributed by atoms with E-state index >= 15 is 0 Å². The summed E-state index contributed by atoms with van der Waals surface area (Å²) < 4.78 is 13.7. The molecule has 1 amide bonds. The van der Waals surface area contributed by atoms with E-state index in [4.69, 9.17) is 11.6 Å². The van der Waals surface area contributed by atoms with Crippen molar-refractivity contribution in [2.45, 2.75) is 6.54 Å². The SMILES string of the molecule is O=C(/C=C/c1c(F)cccc1Cl)N1CCN(Cc2ccncc2)CC1. The predicted octanol–water partition coefficient (Wildman–Crippen LogP) is 3.23. The number of hydrogen-bond acceptors (Lipinski definition) is 3. The number of carbonyl (C=O) groups is 1. The zero-order chi connectivity index (χ0) is 17.6. The maximum absolute atomic E-state index is 13.7. The van der Waals surface area contributed by atoms with E-state index in [-0.39, 0.29) is 11.5 Å². The number of hydrogen-bond donors (Lipinski definition) is 0. The lowest BCUT2D eigenvalue weighted by Gasteiger charge is -2.34. The Balaban J connectivity index is 1.54. The summed E-state index contributed by atoms with van der Waals surface area (Å²) in [4.78, 5) is 20.4. The summed E-state index contributed by atoms with van der Waals surface area (Å²) in [5.41, 5.74) is 1.46. The Hall–Kier alpha value is -2.24. The van der Waals surface area contributed by atoms with Crippen molar-refractivity contribution in [3.63, 3.8) is 0 Å². The number of halogens is 2. The van der Waals surface area contributed by atoms with Crippen LogP contribution in [0.4, 0.5) is 4.39 Å². The molecular weight excluding hydrogens is 341 g/mol. The van der Waals surface area contributed by atoms with Crippen LogP contribution in [0.2, 0.25) is 5.02 Å². The number of rotatable bonds is 4. The van der Waals surface area contributed by atoms with Gasteiger partial charge in [-0.25, -0.2) is 4.39 Å². The molecule has 130 valence electrons. The fourth-order valence-electron chi connectivity index (χ4n) is 2.80. The summed E-state index contributed by atoms with van der Waals surface area (Å²) in [5, 5.41) is 0.297. The van der Waals surface area contributed by atoms with Gasteiger partial charge in [0.15, 0.2) is 0 Å². The van der Waals surface area contributed by atoms with Gasteiger partial charge in [-0.2, -0.15) is 0 Å². The molecule has 4 nitrogen and oxygen atoms in total. The third-order valence-corrected chi connectivity index (χ3v) is 4.56. The van der Waals surface area contributed by atoms with E-state index in [0.29, 0.717) is 18.1 Å². The summed E-state index contributed by atoms with van der Waals surface area (Å²) in [7, 11) is 0. The van der Waals surface area contributed by atoms with Crippen LogP contribution in [0.5, 0.6) is 0 Å². The van der Waals surface area contributed by atoms with Gasteiger partial charge >= 0.3 is 0 Å². The first-order valence-corrected chi connectivity index (χ1v) is 8.53. The molecule has 1 aliphatic heterocycles. The van der Waals surface area contributed by atoms with Gasteiger partial charge in [0.1, 0.15) is 5.82 Å². The second kappa shape index (κ2) is 8.23. The monoisotopic (exact) mass is 359 g/mol. The number of nitrogens with zero attached hydrogens (tertiary/aromatic N) is 3. The number of benzene rings is 1. The largest absolute Gasteiger partial charge is 0.337 e. The topological polar surface area (TPSA) is 36.4 Å². The Labute approximate surface area is 151 Å². The van der Waals surface area contributed by atoms with E-state index in [1.165, 1.54) is 23.8 Å². The van der Waals surface area contributed by atoms with E-state index in [9.17, 15) is 9.18 Å².